The zero-order chi connectivity index (χ0) is 14.0. The number of halogens is 4. The number of hydrogen-bond donors (Lipinski definition) is 1. The molecule has 2 aromatic rings. The Morgan fingerprint density at radius 2 is 1.58 bits per heavy atom. The van der Waals surface area contributed by atoms with Gasteiger partial charge in [0.15, 0.2) is 11.6 Å². The van der Waals surface area contributed by atoms with Gasteiger partial charge in [-0.3, -0.25) is 0 Å². The SMILES string of the molecule is OC(Cc1cc(F)cc(F)c1)c1cccc(F)c1F. The van der Waals surface area contributed by atoms with Crippen LogP contribution < -0.4 is 0 Å². The summed E-state index contributed by atoms with van der Waals surface area (Å²) in [5.41, 5.74) is -0.0849. The molecule has 0 aliphatic rings. The van der Waals surface area contributed by atoms with Crippen LogP contribution in [0.3, 0.4) is 0 Å². The molecule has 0 amide bonds. The number of hydrogen-bond acceptors (Lipinski definition) is 1. The Morgan fingerprint density at radius 3 is 2.21 bits per heavy atom. The molecule has 5 heteroatoms. The predicted molar refractivity (Wildman–Crippen MR) is 61.4 cm³/mol. The highest BCUT2D eigenvalue weighted by atomic mass is 19.2. The van der Waals surface area contributed by atoms with Gasteiger partial charge in [0, 0.05) is 18.1 Å². The molecule has 0 aromatic heterocycles. The topological polar surface area (TPSA) is 20.2 Å². The second-order valence-corrected chi connectivity index (χ2v) is 4.14. The first kappa shape index (κ1) is 13.5. The third-order valence-electron chi connectivity index (χ3n) is 2.69. The van der Waals surface area contributed by atoms with E-state index in [1.807, 2.05) is 0 Å². The van der Waals surface area contributed by atoms with Gasteiger partial charge in [-0.25, -0.2) is 17.6 Å². The Kier molecular flexibility index (Phi) is 3.85. The number of rotatable bonds is 3. The largest absolute Gasteiger partial charge is 0.388 e. The first-order valence-electron chi connectivity index (χ1n) is 5.54. The first-order valence-corrected chi connectivity index (χ1v) is 5.54. The van der Waals surface area contributed by atoms with E-state index in [9.17, 15) is 22.7 Å². The van der Waals surface area contributed by atoms with E-state index in [1.54, 1.807) is 0 Å². The minimum Gasteiger partial charge on any atom is -0.388 e. The van der Waals surface area contributed by atoms with E-state index in [2.05, 4.69) is 0 Å². The van der Waals surface area contributed by atoms with Crippen LogP contribution in [0.5, 0.6) is 0 Å². The average Bonchev–Trinajstić information content (AvgIpc) is 2.31. The van der Waals surface area contributed by atoms with E-state index in [4.69, 9.17) is 0 Å². The highest BCUT2D eigenvalue weighted by Crippen LogP contribution is 2.23. The minimum atomic E-state index is -1.38. The summed E-state index contributed by atoms with van der Waals surface area (Å²) < 4.78 is 52.4. The van der Waals surface area contributed by atoms with Crippen LogP contribution in [0.2, 0.25) is 0 Å². The van der Waals surface area contributed by atoms with Crippen LogP contribution in [-0.4, -0.2) is 5.11 Å². The van der Waals surface area contributed by atoms with Gasteiger partial charge in [0.2, 0.25) is 0 Å². The lowest BCUT2D eigenvalue weighted by Gasteiger charge is -2.12. The molecule has 2 rings (SSSR count). The molecule has 0 saturated carbocycles. The Morgan fingerprint density at radius 1 is 0.947 bits per heavy atom. The van der Waals surface area contributed by atoms with E-state index in [-0.39, 0.29) is 17.5 Å². The smallest absolute Gasteiger partial charge is 0.164 e. The number of aliphatic hydroxyl groups is 1. The average molecular weight is 270 g/mol. The summed E-state index contributed by atoms with van der Waals surface area (Å²) in [6.07, 6.45) is -1.59. The van der Waals surface area contributed by atoms with Crippen molar-refractivity contribution in [1.82, 2.24) is 0 Å². The monoisotopic (exact) mass is 270 g/mol. The lowest BCUT2D eigenvalue weighted by Crippen LogP contribution is -2.06. The van der Waals surface area contributed by atoms with Crippen LogP contribution in [0.25, 0.3) is 0 Å². The third kappa shape index (κ3) is 3.12. The molecule has 19 heavy (non-hydrogen) atoms. The maximum Gasteiger partial charge on any atom is 0.164 e. The summed E-state index contributed by atoms with van der Waals surface area (Å²) in [5.74, 6) is -3.82. The molecule has 1 N–H and O–H groups in total. The molecule has 2 aromatic carbocycles. The second-order valence-electron chi connectivity index (χ2n) is 4.14. The van der Waals surface area contributed by atoms with Gasteiger partial charge in [0.05, 0.1) is 6.10 Å². The third-order valence-corrected chi connectivity index (χ3v) is 2.69. The Labute approximate surface area is 107 Å². The van der Waals surface area contributed by atoms with E-state index < -0.39 is 29.4 Å². The van der Waals surface area contributed by atoms with Gasteiger partial charge in [-0.1, -0.05) is 12.1 Å². The molecule has 0 fully saturated rings. The van der Waals surface area contributed by atoms with Crippen LogP contribution in [-0.2, 0) is 6.42 Å². The van der Waals surface area contributed by atoms with Crippen molar-refractivity contribution in [2.24, 2.45) is 0 Å². The van der Waals surface area contributed by atoms with E-state index >= 15 is 0 Å². The van der Waals surface area contributed by atoms with Crippen LogP contribution >= 0.6 is 0 Å². The Hall–Kier alpha value is -1.88. The van der Waals surface area contributed by atoms with Crippen molar-refractivity contribution in [3.05, 3.63) is 70.8 Å². The van der Waals surface area contributed by atoms with E-state index in [0.29, 0.717) is 6.07 Å². The molecule has 1 nitrogen and oxygen atoms in total. The summed E-state index contributed by atoms with van der Waals surface area (Å²) in [6, 6.07) is 6.15. The standard InChI is InChI=1S/C14H10F4O/c15-9-4-8(5-10(16)7-9)6-13(19)11-2-1-3-12(17)14(11)18/h1-5,7,13,19H,6H2. The summed E-state index contributed by atoms with van der Waals surface area (Å²) in [7, 11) is 0. The number of aliphatic hydroxyl groups excluding tert-OH is 1. The van der Waals surface area contributed by atoms with Crippen LogP contribution in [0.15, 0.2) is 36.4 Å². The zero-order valence-corrected chi connectivity index (χ0v) is 9.71. The molecule has 0 aliphatic carbocycles. The molecule has 0 spiro atoms. The van der Waals surface area contributed by atoms with Crippen molar-refractivity contribution >= 4 is 0 Å². The number of benzene rings is 2. The van der Waals surface area contributed by atoms with Crippen molar-refractivity contribution in [2.75, 3.05) is 0 Å². The molecule has 1 atom stereocenters. The van der Waals surface area contributed by atoms with Crippen molar-refractivity contribution in [3.63, 3.8) is 0 Å². The first-order chi connectivity index (χ1) is 8.97. The molecule has 0 radical (unpaired) electrons. The molecule has 0 bridgehead atoms. The van der Waals surface area contributed by atoms with E-state index in [1.165, 1.54) is 12.1 Å². The fourth-order valence-corrected chi connectivity index (χ4v) is 1.84. The van der Waals surface area contributed by atoms with Gasteiger partial charge in [0.1, 0.15) is 11.6 Å². The maximum absolute atomic E-state index is 13.4. The highest BCUT2D eigenvalue weighted by molar-refractivity contribution is 5.25. The van der Waals surface area contributed by atoms with Crippen molar-refractivity contribution in [3.8, 4) is 0 Å². The van der Waals surface area contributed by atoms with Gasteiger partial charge in [-0.2, -0.15) is 0 Å². The van der Waals surface area contributed by atoms with Crippen molar-refractivity contribution < 1.29 is 22.7 Å². The van der Waals surface area contributed by atoms with Gasteiger partial charge >= 0.3 is 0 Å². The zero-order valence-electron chi connectivity index (χ0n) is 9.71. The summed E-state index contributed by atoms with van der Waals surface area (Å²) >= 11 is 0. The van der Waals surface area contributed by atoms with E-state index in [0.717, 1.165) is 18.2 Å². The lowest BCUT2D eigenvalue weighted by molar-refractivity contribution is 0.172. The predicted octanol–water partition coefficient (Wildman–Crippen LogP) is 3.52. The molecule has 100 valence electrons. The fraction of sp³-hybridized carbons (Fsp3) is 0.143. The van der Waals surface area contributed by atoms with Crippen LogP contribution in [0, 0.1) is 23.3 Å². The summed E-state index contributed by atoms with van der Waals surface area (Å²) in [6.45, 7) is 0. The fourth-order valence-electron chi connectivity index (χ4n) is 1.84. The van der Waals surface area contributed by atoms with Crippen LogP contribution in [0.1, 0.15) is 17.2 Å². The Balaban J connectivity index is 2.25. The van der Waals surface area contributed by atoms with Gasteiger partial charge < -0.3 is 5.11 Å². The van der Waals surface area contributed by atoms with Gasteiger partial charge in [-0.15, -0.1) is 0 Å². The highest BCUT2D eigenvalue weighted by Gasteiger charge is 2.16. The molecule has 0 saturated heterocycles. The summed E-state index contributed by atoms with van der Waals surface area (Å²) in [4.78, 5) is 0. The minimum absolute atomic E-state index is 0.161. The molecule has 0 heterocycles. The van der Waals surface area contributed by atoms with Crippen molar-refractivity contribution in [1.29, 1.82) is 0 Å². The molecule has 1 unspecified atom stereocenters. The van der Waals surface area contributed by atoms with Crippen molar-refractivity contribution in [2.45, 2.75) is 12.5 Å². The maximum atomic E-state index is 13.4. The summed E-state index contributed by atoms with van der Waals surface area (Å²) in [5, 5.41) is 9.81. The normalized spacial score (nSPS) is 12.5. The Bertz CT molecular complexity index is 578. The lowest BCUT2D eigenvalue weighted by atomic mass is 10.0. The van der Waals surface area contributed by atoms with Crippen LogP contribution in [0.4, 0.5) is 17.6 Å². The van der Waals surface area contributed by atoms with Gasteiger partial charge in [0.25, 0.3) is 0 Å². The quantitative estimate of drug-likeness (QED) is 0.846. The molecular weight excluding hydrogens is 260 g/mol. The molecular formula is C14H10F4O. The molecule has 0 aliphatic heterocycles. The second kappa shape index (κ2) is 5.40. The van der Waals surface area contributed by atoms with Gasteiger partial charge in [-0.05, 0) is 23.8 Å².